The first kappa shape index (κ1) is 25.1. The molecule has 1 aliphatic rings. The van der Waals surface area contributed by atoms with Crippen molar-refractivity contribution in [3.05, 3.63) is 42.0 Å². The zero-order chi connectivity index (χ0) is 24.6. The minimum atomic E-state index is -0.500. The van der Waals surface area contributed by atoms with Gasteiger partial charge in [-0.2, -0.15) is 5.10 Å². The van der Waals surface area contributed by atoms with Crippen molar-refractivity contribution in [3.8, 4) is 11.4 Å². The predicted molar refractivity (Wildman–Crippen MR) is 133 cm³/mol. The van der Waals surface area contributed by atoms with Crippen molar-refractivity contribution in [3.63, 3.8) is 0 Å². The number of thioether (sulfide) groups is 1. The summed E-state index contributed by atoms with van der Waals surface area (Å²) in [6.45, 7) is 2.37. The third kappa shape index (κ3) is 7.01. The van der Waals surface area contributed by atoms with Crippen LogP contribution in [-0.2, 0) is 4.79 Å². The lowest BCUT2D eigenvalue weighted by Crippen LogP contribution is -2.37. The number of nitrogens with zero attached hydrogens (tertiary/aromatic N) is 4. The Bertz CT molecular complexity index is 1140. The average molecular weight is 519 g/mol. The summed E-state index contributed by atoms with van der Waals surface area (Å²) in [5, 5.41) is 18.5. The van der Waals surface area contributed by atoms with Gasteiger partial charge in [-0.1, -0.05) is 49.3 Å². The molecule has 0 unspecified atom stereocenters. The van der Waals surface area contributed by atoms with Crippen LogP contribution < -0.4 is 15.4 Å². The Morgan fingerprint density at radius 1 is 1.20 bits per heavy atom. The van der Waals surface area contributed by atoms with Crippen molar-refractivity contribution in [1.82, 2.24) is 25.3 Å². The lowest BCUT2D eigenvalue weighted by molar-refractivity contribution is -0.119. The highest BCUT2D eigenvalue weighted by Crippen LogP contribution is 2.27. The van der Waals surface area contributed by atoms with Crippen molar-refractivity contribution in [2.45, 2.75) is 55.8 Å². The second kappa shape index (κ2) is 12.1. The van der Waals surface area contributed by atoms with Gasteiger partial charge in [-0.15, -0.1) is 10.2 Å². The number of carbonyl (C=O) groups is 2. The molecule has 1 saturated carbocycles. The van der Waals surface area contributed by atoms with Crippen LogP contribution in [0.25, 0.3) is 5.69 Å². The van der Waals surface area contributed by atoms with E-state index in [1.165, 1.54) is 46.3 Å². The quantitative estimate of drug-likeness (QED) is 0.301. The normalized spacial score (nSPS) is 14.0. The van der Waals surface area contributed by atoms with E-state index in [9.17, 15) is 14.0 Å². The first-order chi connectivity index (χ1) is 17.0. The molecule has 0 saturated heterocycles. The first-order valence-corrected chi connectivity index (χ1v) is 13.4. The zero-order valence-corrected chi connectivity index (χ0v) is 21.0. The second-order valence-corrected chi connectivity index (χ2v) is 10.3. The fourth-order valence-electron chi connectivity index (χ4n) is 3.68. The number of amides is 2. The molecule has 9 nitrogen and oxygen atoms in total. The summed E-state index contributed by atoms with van der Waals surface area (Å²) >= 11 is 2.47. The molecule has 0 spiro atoms. The van der Waals surface area contributed by atoms with Gasteiger partial charge in [0.25, 0.3) is 5.91 Å². The number of anilines is 1. The molecule has 186 valence electrons. The van der Waals surface area contributed by atoms with Gasteiger partial charge in [0.2, 0.25) is 11.0 Å². The summed E-state index contributed by atoms with van der Waals surface area (Å²) in [4.78, 5) is 25.2. The first-order valence-electron chi connectivity index (χ1n) is 11.6. The summed E-state index contributed by atoms with van der Waals surface area (Å²) in [6.07, 6.45) is 7.96. The third-order valence-corrected chi connectivity index (χ3v) is 7.34. The Labute approximate surface area is 210 Å². The van der Waals surface area contributed by atoms with E-state index in [0.717, 1.165) is 32.1 Å². The van der Waals surface area contributed by atoms with Crippen molar-refractivity contribution in [1.29, 1.82) is 0 Å². The number of carbonyl (C=O) groups excluding carboxylic acids is 2. The van der Waals surface area contributed by atoms with E-state index in [4.69, 9.17) is 4.74 Å². The number of hydrogen-bond acceptors (Lipinski definition) is 8. The minimum Gasteiger partial charge on any atom is -0.489 e. The molecule has 1 fully saturated rings. The fraction of sp³-hybridized carbons (Fsp3) is 0.435. The maximum absolute atomic E-state index is 13.3. The van der Waals surface area contributed by atoms with E-state index >= 15 is 0 Å². The Hall–Kier alpha value is -2.99. The highest BCUT2D eigenvalue weighted by molar-refractivity contribution is 8.01. The van der Waals surface area contributed by atoms with Crippen LogP contribution in [0, 0.1) is 5.82 Å². The lowest BCUT2D eigenvalue weighted by atomic mass is 9.95. The molecule has 2 aromatic heterocycles. The molecule has 2 amide bonds. The van der Waals surface area contributed by atoms with Crippen molar-refractivity contribution in [2.75, 3.05) is 17.7 Å². The van der Waals surface area contributed by atoms with Gasteiger partial charge in [0.05, 0.1) is 24.2 Å². The molecule has 2 heterocycles. The van der Waals surface area contributed by atoms with Crippen LogP contribution >= 0.6 is 23.1 Å². The average Bonchev–Trinajstić information content (AvgIpc) is 3.49. The molecule has 2 N–H and O–H groups in total. The fourth-order valence-corrected chi connectivity index (χ4v) is 5.24. The van der Waals surface area contributed by atoms with Gasteiger partial charge in [-0.25, -0.2) is 9.07 Å². The smallest absolute Gasteiger partial charge is 0.281 e. The zero-order valence-electron chi connectivity index (χ0n) is 19.3. The second-order valence-electron chi connectivity index (χ2n) is 8.13. The Morgan fingerprint density at radius 2 is 1.97 bits per heavy atom. The maximum atomic E-state index is 13.3. The molecule has 0 radical (unpaired) electrons. The van der Waals surface area contributed by atoms with Crippen LogP contribution in [0.15, 0.2) is 34.8 Å². The molecule has 4 rings (SSSR count). The van der Waals surface area contributed by atoms with Gasteiger partial charge < -0.3 is 10.1 Å². The van der Waals surface area contributed by atoms with E-state index < -0.39 is 5.91 Å². The number of hydrogen-bond donors (Lipinski definition) is 2. The van der Waals surface area contributed by atoms with Crippen LogP contribution in [0.2, 0.25) is 0 Å². The number of benzene rings is 1. The predicted octanol–water partition coefficient (Wildman–Crippen LogP) is 4.45. The molecule has 3 aromatic rings. The molecule has 0 bridgehead atoms. The number of ether oxygens (including phenoxy) is 1. The van der Waals surface area contributed by atoms with Gasteiger partial charge in [0.15, 0.2) is 15.8 Å². The van der Waals surface area contributed by atoms with Gasteiger partial charge >= 0.3 is 0 Å². The molecular weight excluding hydrogens is 491 g/mol. The largest absolute Gasteiger partial charge is 0.489 e. The summed E-state index contributed by atoms with van der Waals surface area (Å²) in [5.41, 5.74) is 0.673. The Kier molecular flexibility index (Phi) is 8.69. The van der Waals surface area contributed by atoms with E-state index in [2.05, 4.69) is 25.9 Å². The summed E-state index contributed by atoms with van der Waals surface area (Å²) in [6, 6.07) is 6.02. The topological polar surface area (TPSA) is 111 Å². The van der Waals surface area contributed by atoms with Crippen LogP contribution in [0.4, 0.5) is 9.52 Å². The van der Waals surface area contributed by atoms with Gasteiger partial charge in [0, 0.05) is 6.04 Å². The molecule has 0 aliphatic heterocycles. The van der Waals surface area contributed by atoms with Gasteiger partial charge in [0.1, 0.15) is 5.82 Å². The van der Waals surface area contributed by atoms with E-state index in [1.54, 1.807) is 18.3 Å². The number of halogens is 1. The van der Waals surface area contributed by atoms with E-state index in [0.29, 0.717) is 27.5 Å². The maximum Gasteiger partial charge on any atom is 0.281 e. The Balaban J connectivity index is 1.37. The SMILES string of the molecule is CCCOc1cn(-c2ccc(F)cc2)nc1C(=O)Nc1nnc(SCC(=O)NC2CCCCC2)s1. The van der Waals surface area contributed by atoms with Crippen LogP contribution in [0.1, 0.15) is 55.9 Å². The van der Waals surface area contributed by atoms with E-state index in [1.807, 2.05) is 6.92 Å². The summed E-state index contributed by atoms with van der Waals surface area (Å²) in [5.74, 6) is -0.327. The summed E-state index contributed by atoms with van der Waals surface area (Å²) < 4.78 is 21.0. The molecule has 12 heteroatoms. The molecular formula is C23H27FN6O3S2. The Morgan fingerprint density at radius 3 is 2.71 bits per heavy atom. The highest BCUT2D eigenvalue weighted by Gasteiger charge is 2.21. The van der Waals surface area contributed by atoms with Crippen LogP contribution in [0.3, 0.4) is 0 Å². The monoisotopic (exact) mass is 518 g/mol. The lowest BCUT2D eigenvalue weighted by Gasteiger charge is -2.22. The molecule has 1 aromatic carbocycles. The highest BCUT2D eigenvalue weighted by atomic mass is 32.2. The number of nitrogens with one attached hydrogen (secondary N) is 2. The number of aromatic nitrogens is 4. The van der Waals surface area contributed by atoms with Crippen molar-refractivity contribution < 1.29 is 18.7 Å². The summed E-state index contributed by atoms with van der Waals surface area (Å²) in [7, 11) is 0. The molecule has 0 atom stereocenters. The molecule has 35 heavy (non-hydrogen) atoms. The van der Waals surface area contributed by atoms with Crippen LogP contribution in [-0.4, -0.2) is 50.2 Å². The van der Waals surface area contributed by atoms with Crippen molar-refractivity contribution >= 4 is 40.0 Å². The van der Waals surface area contributed by atoms with Gasteiger partial charge in [-0.05, 0) is 43.5 Å². The third-order valence-electron chi connectivity index (χ3n) is 5.37. The van der Waals surface area contributed by atoms with Gasteiger partial charge in [-0.3, -0.25) is 14.9 Å². The van der Waals surface area contributed by atoms with Crippen LogP contribution in [0.5, 0.6) is 5.75 Å². The standard InChI is InChI=1S/C23H27FN6O3S2/c1-2-12-33-18-13-30(17-10-8-15(24)9-11-17)29-20(18)21(32)26-22-27-28-23(35-22)34-14-19(31)25-16-6-4-3-5-7-16/h8-11,13,16H,2-7,12,14H2,1H3,(H,25,31)(H,26,27,32). The minimum absolute atomic E-state index is 0.0215. The van der Waals surface area contributed by atoms with E-state index in [-0.39, 0.29) is 29.2 Å². The molecule has 1 aliphatic carbocycles. The van der Waals surface area contributed by atoms with Crippen molar-refractivity contribution in [2.24, 2.45) is 0 Å². The number of rotatable bonds is 10.